The number of phenolic OH excluding ortho intramolecular Hbond substituents is 1. The van der Waals surface area contributed by atoms with Crippen molar-refractivity contribution in [3.8, 4) is 11.5 Å². The quantitative estimate of drug-likeness (QED) is 0.387. The van der Waals surface area contributed by atoms with E-state index >= 15 is 0 Å². The highest BCUT2D eigenvalue weighted by Gasteiger charge is 2.50. The van der Waals surface area contributed by atoms with E-state index in [9.17, 15) is 19.5 Å². The number of amides is 4. The Morgan fingerprint density at radius 1 is 0.977 bits per heavy atom. The van der Waals surface area contributed by atoms with Crippen molar-refractivity contribution in [1.29, 1.82) is 0 Å². The van der Waals surface area contributed by atoms with Gasteiger partial charge in [0.2, 0.25) is 11.8 Å². The van der Waals surface area contributed by atoms with Gasteiger partial charge in [0.25, 0.3) is 0 Å². The first kappa shape index (κ1) is 30.5. The summed E-state index contributed by atoms with van der Waals surface area (Å²) in [6.45, 7) is 2.98. The Morgan fingerprint density at radius 2 is 1.65 bits per heavy atom. The molecule has 2 heterocycles. The van der Waals surface area contributed by atoms with Crippen LogP contribution in [0.3, 0.4) is 0 Å². The predicted octanol–water partition coefficient (Wildman–Crippen LogP) is 4.28. The first-order valence-corrected chi connectivity index (χ1v) is 14.7. The molecule has 12 heteroatoms. The molecule has 3 aromatic carbocycles. The lowest BCUT2D eigenvalue weighted by molar-refractivity contribution is -0.187. The number of nitrogens with one attached hydrogen (secondary N) is 1. The van der Waals surface area contributed by atoms with E-state index in [1.165, 1.54) is 9.91 Å². The summed E-state index contributed by atoms with van der Waals surface area (Å²) >= 11 is 12.4. The minimum atomic E-state index is -0.867. The van der Waals surface area contributed by atoms with Crippen molar-refractivity contribution >= 4 is 41.0 Å². The Bertz CT molecular complexity index is 1490. The molecule has 226 valence electrons. The van der Waals surface area contributed by atoms with Crippen LogP contribution < -0.4 is 10.1 Å². The zero-order chi connectivity index (χ0) is 30.7. The zero-order valence-corrected chi connectivity index (χ0v) is 25.4. The number of likely N-dealkylation sites (N-methyl/N-ethyl adjacent to an activating group) is 1. The average molecular weight is 627 g/mol. The molecule has 2 atom stereocenters. The van der Waals surface area contributed by atoms with Gasteiger partial charge in [0.15, 0.2) is 0 Å². The molecule has 0 aliphatic carbocycles. The van der Waals surface area contributed by atoms with Gasteiger partial charge in [0.1, 0.15) is 23.7 Å². The second-order valence-corrected chi connectivity index (χ2v) is 11.3. The lowest BCUT2D eigenvalue weighted by Crippen LogP contribution is -2.76. The monoisotopic (exact) mass is 625 g/mol. The summed E-state index contributed by atoms with van der Waals surface area (Å²) in [4.78, 5) is 44.3. The van der Waals surface area contributed by atoms with Gasteiger partial charge in [0.05, 0.1) is 29.7 Å². The molecule has 10 nitrogen and oxygen atoms in total. The van der Waals surface area contributed by atoms with Crippen LogP contribution >= 0.6 is 23.2 Å². The lowest BCUT2D eigenvalue weighted by atomic mass is 9.98. The first-order valence-electron chi connectivity index (χ1n) is 14.0. The van der Waals surface area contributed by atoms with E-state index in [1.54, 1.807) is 59.4 Å². The number of aromatic hydroxyl groups is 1. The maximum Gasteiger partial charge on any atom is 0.334 e. The third kappa shape index (κ3) is 6.82. The number of halogens is 2. The van der Waals surface area contributed by atoms with Crippen LogP contribution in [0.25, 0.3) is 0 Å². The summed E-state index contributed by atoms with van der Waals surface area (Å²) in [6.07, 6.45) is -0.543. The number of hydrazine groups is 1. The standard InChI is InChI=1S/C31H33Cl2N5O5/c1-3-43-24-11-6-21(7-12-24)16-34-31(42)38-28-18-36(17-22-8-13-25(32)26(33)14-22)30(41)27(37(28)29(40)19-35(38)2)15-20-4-9-23(39)10-5-20/h4-14,27-28,39H,3,15-19H2,1-2H3,(H,34,42)/t27-,28-/m0/s1. The van der Waals surface area contributed by atoms with Gasteiger partial charge in [0, 0.05) is 26.6 Å². The van der Waals surface area contributed by atoms with Crippen molar-refractivity contribution < 1.29 is 24.2 Å². The van der Waals surface area contributed by atoms with Crippen LogP contribution in [0.15, 0.2) is 66.7 Å². The van der Waals surface area contributed by atoms with Gasteiger partial charge < -0.3 is 25.0 Å². The minimum absolute atomic E-state index is 0.0703. The number of benzene rings is 3. The molecule has 3 aromatic rings. The Morgan fingerprint density at radius 3 is 2.33 bits per heavy atom. The van der Waals surface area contributed by atoms with Crippen molar-refractivity contribution in [3.05, 3.63) is 93.5 Å². The molecule has 2 aliphatic heterocycles. The topological polar surface area (TPSA) is 106 Å². The predicted molar refractivity (Wildman–Crippen MR) is 162 cm³/mol. The van der Waals surface area contributed by atoms with Gasteiger partial charge >= 0.3 is 6.03 Å². The fourth-order valence-electron chi connectivity index (χ4n) is 5.49. The van der Waals surface area contributed by atoms with E-state index in [0.717, 1.165) is 22.4 Å². The van der Waals surface area contributed by atoms with Crippen molar-refractivity contribution in [2.45, 2.75) is 38.6 Å². The second kappa shape index (κ2) is 13.1. The van der Waals surface area contributed by atoms with E-state index < -0.39 is 18.2 Å². The molecular weight excluding hydrogens is 593 g/mol. The third-order valence-electron chi connectivity index (χ3n) is 7.55. The van der Waals surface area contributed by atoms with E-state index in [-0.39, 0.29) is 50.2 Å². The molecule has 43 heavy (non-hydrogen) atoms. The van der Waals surface area contributed by atoms with Gasteiger partial charge in [-0.25, -0.2) is 14.8 Å². The molecule has 5 rings (SSSR count). The molecule has 0 bridgehead atoms. The molecule has 0 saturated carbocycles. The van der Waals surface area contributed by atoms with Crippen molar-refractivity contribution in [2.75, 3.05) is 26.7 Å². The van der Waals surface area contributed by atoms with Crippen LogP contribution in [0.5, 0.6) is 11.5 Å². The van der Waals surface area contributed by atoms with Gasteiger partial charge in [-0.3, -0.25) is 9.59 Å². The Balaban J connectivity index is 1.42. The van der Waals surface area contributed by atoms with Crippen LogP contribution in [0.4, 0.5) is 4.79 Å². The number of hydrogen-bond donors (Lipinski definition) is 2. The van der Waals surface area contributed by atoms with Crippen LogP contribution in [0.2, 0.25) is 10.0 Å². The number of ether oxygens (including phenoxy) is 1. The maximum absolute atomic E-state index is 14.0. The van der Waals surface area contributed by atoms with Crippen LogP contribution in [-0.2, 0) is 29.1 Å². The number of carbonyl (C=O) groups excluding carboxylic acids is 3. The number of phenols is 1. The maximum atomic E-state index is 14.0. The number of fused-ring (bicyclic) bond motifs is 1. The molecule has 2 saturated heterocycles. The molecule has 0 radical (unpaired) electrons. The number of rotatable bonds is 8. The summed E-state index contributed by atoms with van der Waals surface area (Å²) in [5.74, 6) is 0.345. The summed E-state index contributed by atoms with van der Waals surface area (Å²) in [5.41, 5.74) is 2.42. The average Bonchev–Trinajstić information content (AvgIpc) is 2.98. The number of urea groups is 1. The van der Waals surface area contributed by atoms with Gasteiger partial charge in [-0.2, -0.15) is 0 Å². The van der Waals surface area contributed by atoms with Gasteiger partial charge in [-0.15, -0.1) is 0 Å². The summed E-state index contributed by atoms with van der Waals surface area (Å²) in [5, 5.41) is 16.6. The highest BCUT2D eigenvalue weighted by Crippen LogP contribution is 2.30. The van der Waals surface area contributed by atoms with E-state index in [4.69, 9.17) is 27.9 Å². The van der Waals surface area contributed by atoms with Crippen molar-refractivity contribution in [3.63, 3.8) is 0 Å². The lowest BCUT2D eigenvalue weighted by Gasteiger charge is -2.54. The zero-order valence-electron chi connectivity index (χ0n) is 23.9. The molecule has 2 fully saturated rings. The highest BCUT2D eigenvalue weighted by atomic mass is 35.5. The van der Waals surface area contributed by atoms with Crippen molar-refractivity contribution in [2.24, 2.45) is 0 Å². The molecule has 2 N–H and O–H groups in total. The van der Waals surface area contributed by atoms with Crippen molar-refractivity contribution in [1.82, 2.24) is 25.1 Å². The van der Waals surface area contributed by atoms with E-state index in [1.807, 2.05) is 31.2 Å². The number of carbonyl (C=O) groups is 3. The van der Waals surface area contributed by atoms with E-state index in [2.05, 4.69) is 5.32 Å². The van der Waals surface area contributed by atoms with Crippen LogP contribution in [-0.4, -0.2) is 81.7 Å². The second-order valence-electron chi connectivity index (χ2n) is 10.5. The Kier molecular flexibility index (Phi) is 9.29. The fourth-order valence-corrected chi connectivity index (χ4v) is 5.81. The molecule has 0 unspecified atom stereocenters. The first-order chi connectivity index (χ1) is 20.6. The SMILES string of the molecule is CCOc1ccc(CNC(=O)N2[C@H]3CN(Cc4ccc(Cl)c(Cl)c4)C(=O)[C@H](Cc4ccc(O)cc4)N3C(=O)CN2C)cc1. The number of piperazine rings is 1. The third-order valence-corrected chi connectivity index (χ3v) is 8.29. The summed E-state index contributed by atoms with van der Waals surface area (Å²) in [6, 6.07) is 17.9. The largest absolute Gasteiger partial charge is 0.508 e. The van der Waals surface area contributed by atoms with Crippen LogP contribution in [0, 0.1) is 0 Å². The fraction of sp³-hybridized carbons (Fsp3) is 0.323. The van der Waals surface area contributed by atoms with E-state index in [0.29, 0.717) is 16.7 Å². The minimum Gasteiger partial charge on any atom is -0.508 e. The number of hydrogen-bond acceptors (Lipinski definition) is 6. The van der Waals surface area contributed by atoms with Gasteiger partial charge in [-0.05, 0) is 60.0 Å². The van der Waals surface area contributed by atoms with Crippen LogP contribution in [0.1, 0.15) is 23.6 Å². The Labute approximate surface area is 260 Å². The summed E-state index contributed by atoms with van der Waals surface area (Å²) < 4.78 is 5.50. The Hall–Kier alpha value is -3.99. The van der Waals surface area contributed by atoms with Gasteiger partial charge in [-0.1, -0.05) is 53.5 Å². The number of nitrogens with zero attached hydrogens (tertiary/aromatic N) is 4. The summed E-state index contributed by atoms with van der Waals surface area (Å²) in [7, 11) is 1.68. The molecule has 0 aromatic heterocycles. The molecule has 0 spiro atoms. The smallest absolute Gasteiger partial charge is 0.334 e. The molecule has 4 amide bonds. The molecule has 2 aliphatic rings. The normalized spacial score (nSPS) is 18.9. The highest BCUT2D eigenvalue weighted by molar-refractivity contribution is 6.42. The molecular formula is C31H33Cl2N5O5.